The van der Waals surface area contributed by atoms with Gasteiger partial charge in [0.05, 0.1) is 6.42 Å². The van der Waals surface area contributed by atoms with Gasteiger partial charge in [-0.1, -0.05) is 0 Å². The number of carbonyl (C=O) groups is 2. The van der Waals surface area contributed by atoms with Crippen molar-refractivity contribution in [2.45, 2.75) is 31.9 Å². The summed E-state index contributed by atoms with van der Waals surface area (Å²) >= 11 is 0. The number of benzene rings is 1. The molecule has 0 atom stereocenters. The molecule has 1 aromatic carbocycles. The third-order valence-corrected chi connectivity index (χ3v) is 5.35. The monoisotopic (exact) mass is 448 g/mol. The molecule has 2 heterocycles. The molecule has 11 heteroatoms. The van der Waals surface area contributed by atoms with Gasteiger partial charge in [-0.25, -0.2) is 4.98 Å². The van der Waals surface area contributed by atoms with E-state index in [0.717, 1.165) is 24.6 Å². The van der Waals surface area contributed by atoms with Crippen LogP contribution in [-0.2, 0) is 22.2 Å². The van der Waals surface area contributed by atoms with Gasteiger partial charge in [-0.15, -0.1) is 0 Å². The second kappa shape index (κ2) is 8.64. The second-order valence-electron chi connectivity index (χ2n) is 7.99. The molecule has 1 fully saturated rings. The summed E-state index contributed by atoms with van der Waals surface area (Å²) in [6, 6.07) is 5.13. The molecular weight excluding hydrogens is 425 g/mol. The molecule has 0 bridgehead atoms. The van der Waals surface area contributed by atoms with Crippen molar-refractivity contribution >= 4 is 35.0 Å². The normalized spacial score (nSPS) is 15.2. The Balaban J connectivity index is 1.42. The maximum atomic E-state index is 13.4. The van der Waals surface area contributed by atoms with Crippen LogP contribution < -0.4 is 16.0 Å². The van der Waals surface area contributed by atoms with Gasteiger partial charge in [0.15, 0.2) is 0 Å². The number of nitrogens with one attached hydrogen (secondary N) is 3. The lowest BCUT2D eigenvalue weighted by Crippen LogP contribution is -2.30. The van der Waals surface area contributed by atoms with Crippen LogP contribution in [0.5, 0.6) is 0 Å². The van der Waals surface area contributed by atoms with Gasteiger partial charge in [-0.3, -0.25) is 9.59 Å². The van der Waals surface area contributed by atoms with Crippen molar-refractivity contribution in [2.24, 2.45) is 5.92 Å². The largest absolute Gasteiger partial charge is 0.421 e. The first-order valence-corrected chi connectivity index (χ1v) is 10.3. The number of halogens is 3. The van der Waals surface area contributed by atoms with Crippen LogP contribution in [-0.4, -0.2) is 46.8 Å². The van der Waals surface area contributed by atoms with Crippen LogP contribution in [0.2, 0.25) is 0 Å². The maximum absolute atomic E-state index is 13.4. The molecule has 4 rings (SSSR count). The molecule has 0 spiro atoms. The Hall–Kier alpha value is -3.37. The number of carbonyl (C=O) groups excluding carboxylic acids is 2. The molecule has 2 aliphatic rings. The van der Waals surface area contributed by atoms with Crippen molar-refractivity contribution in [3.05, 3.63) is 35.5 Å². The standard InChI is InChI=1S/C21H23F3N6O2/c1-30(19(32)12-3-4-12)8-2-7-25-18-15(21(22,23)24)11-26-20(29-18)27-14-5-6-16-13(9-14)10-17(31)28-16/h5-6,9,11-12H,2-4,7-8,10H2,1H3,(H,28,31)(H2,25,26,27,29). The fraction of sp³-hybridized carbons (Fsp3) is 0.429. The number of aromatic nitrogens is 2. The average molecular weight is 448 g/mol. The number of amides is 2. The van der Waals surface area contributed by atoms with E-state index in [9.17, 15) is 22.8 Å². The van der Waals surface area contributed by atoms with Gasteiger partial charge in [0.1, 0.15) is 11.4 Å². The van der Waals surface area contributed by atoms with Crippen molar-refractivity contribution < 1.29 is 22.8 Å². The number of anilines is 4. The quantitative estimate of drug-likeness (QED) is 0.536. The van der Waals surface area contributed by atoms with E-state index >= 15 is 0 Å². The number of rotatable bonds is 8. The van der Waals surface area contributed by atoms with Crippen LogP contribution in [0.15, 0.2) is 24.4 Å². The summed E-state index contributed by atoms with van der Waals surface area (Å²) in [5.41, 5.74) is 1.09. The van der Waals surface area contributed by atoms with Crippen LogP contribution in [0, 0.1) is 5.92 Å². The first-order chi connectivity index (χ1) is 15.2. The highest BCUT2D eigenvalue weighted by atomic mass is 19.4. The van der Waals surface area contributed by atoms with Gasteiger partial charge in [-0.2, -0.15) is 18.2 Å². The van der Waals surface area contributed by atoms with Gasteiger partial charge < -0.3 is 20.9 Å². The number of nitrogens with zero attached hydrogens (tertiary/aromatic N) is 3. The predicted octanol–water partition coefficient (Wildman–Crippen LogP) is 3.40. The lowest BCUT2D eigenvalue weighted by atomic mass is 10.1. The van der Waals surface area contributed by atoms with Gasteiger partial charge in [0.25, 0.3) is 0 Å². The van der Waals surface area contributed by atoms with E-state index in [1.165, 1.54) is 0 Å². The number of hydrogen-bond donors (Lipinski definition) is 3. The zero-order chi connectivity index (χ0) is 22.9. The van der Waals surface area contributed by atoms with Gasteiger partial charge in [0, 0.05) is 43.6 Å². The molecule has 0 unspecified atom stereocenters. The minimum Gasteiger partial charge on any atom is -0.369 e. The minimum absolute atomic E-state index is 0.00115. The summed E-state index contributed by atoms with van der Waals surface area (Å²) in [5, 5.41) is 8.34. The Morgan fingerprint density at radius 3 is 2.81 bits per heavy atom. The van der Waals surface area contributed by atoms with E-state index in [1.807, 2.05) is 0 Å². The molecule has 0 radical (unpaired) electrons. The molecule has 2 amide bonds. The third-order valence-electron chi connectivity index (χ3n) is 5.35. The molecule has 1 aliphatic carbocycles. The molecule has 0 saturated heterocycles. The highest BCUT2D eigenvalue weighted by Gasteiger charge is 2.35. The number of alkyl halides is 3. The first kappa shape index (κ1) is 21.8. The fourth-order valence-electron chi connectivity index (χ4n) is 3.50. The van der Waals surface area contributed by atoms with Crippen LogP contribution in [0.1, 0.15) is 30.4 Å². The third kappa shape index (κ3) is 5.09. The molecular formula is C21H23F3N6O2. The summed E-state index contributed by atoms with van der Waals surface area (Å²) in [4.78, 5) is 32.9. The smallest absolute Gasteiger partial charge is 0.369 e. The van der Waals surface area contributed by atoms with Crippen molar-refractivity contribution in [1.82, 2.24) is 14.9 Å². The van der Waals surface area contributed by atoms with Crippen LogP contribution in [0.25, 0.3) is 0 Å². The Bertz CT molecular complexity index is 1040. The van der Waals surface area contributed by atoms with E-state index in [0.29, 0.717) is 24.3 Å². The Labute approximate surface area is 182 Å². The molecule has 32 heavy (non-hydrogen) atoms. The van der Waals surface area contributed by atoms with Crippen molar-refractivity contribution in [3.8, 4) is 0 Å². The van der Waals surface area contributed by atoms with E-state index in [2.05, 4.69) is 25.9 Å². The number of fused-ring (bicyclic) bond motifs is 1. The topological polar surface area (TPSA) is 99.2 Å². The van der Waals surface area contributed by atoms with Gasteiger partial charge in [0.2, 0.25) is 17.8 Å². The molecule has 1 aliphatic heterocycles. The van der Waals surface area contributed by atoms with Crippen molar-refractivity contribution in [2.75, 3.05) is 36.1 Å². The maximum Gasteiger partial charge on any atom is 0.421 e. The molecule has 1 aromatic heterocycles. The van der Waals surface area contributed by atoms with Gasteiger partial charge in [-0.05, 0) is 43.0 Å². The summed E-state index contributed by atoms with van der Waals surface area (Å²) in [6.07, 6.45) is -1.35. The second-order valence-corrected chi connectivity index (χ2v) is 7.99. The van der Waals surface area contributed by atoms with Crippen molar-refractivity contribution in [1.29, 1.82) is 0 Å². The lowest BCUT2D eigenvalue weighted by Gasteiger charge is -2.18. The Morgan fingerprint density at radius 1 is 1.31 bits per heavy atom. The molecule has 3 N–H and O–H groups in total. The molecule has 170 valence electrons. The zero-order valence-electron chi connectivity index (χ0n) is 17.4. The molecule has 1 saturated carbocycles. The zero-order valence-corrected chi connectivity index (χ0v) is 17.4. The molecule has 2 aromatic rings. The SMILES string of the molecule is CN(CCCNc1nc(Nc2ccc3c(c2)CC(=O)N3)ncc1C(F)(F)F)C(=O)C1CC1. The predicted molar refractivity (Wildman–Crippen MR) is 113 cm³/mol. The Morgan fingerprint density at radius 2 is 2.09 bits per heavy atom. The Kier molecular flexibility index (Phi) is 5.90. The van der Waals surface area contributed by atoms with Gasteiger partial charge >= 0.3 is 6.18 Å². The van der Waals surface area contributed by atoms with E-state index < -0.39 is 11.7 Å². The average Bonchev–Trinajstić information content (AvgIpc) is 3.51. The van der Waals surface area contributed by atoms with Crippen LogP contribution in [0.4, 0.5) is 36.3 Å². The van der Waals surface area contributed by atoms with E-state index in [4.69, 9.17) is 0 Å². The lowest BCUT2D eigenvalue weighted by molar-refractivity contribution is -0.137. The highest BCUT2D eigenvalue weighted by molar-refractivity contribution is 5.99. The van der Waals surface area contributed by atoms with Crippen molar-refractivity contribution in [3.63, 3.8) is 0 Å². The van der Waals surface area contributed by atoms with E-state index in [-0.39, 0.29) is 42.5 Å². The minimum atomic E-state index is -4.61. The van der Waals surface area contributed by atoms with Crippen LogP contribution >= 0.6 is 0 Å². The number of hydrogen-bond acceptors (Lipinski definition) is 6. The summed E-state index contributed by atoms with van der Waals surface area (Å²) in [5.74, 6) is -0.254. The highest BCUT2D eigenvalue weighted by Crippen LogP contribution is 2.34. The summed E-state index contributed by atoms with van der Waals surface area (Å²) in [7, 11) is 1.70. The fourth-order valence-corrected chi connectivity index (χ4v) is 3.50. The first-order valence-electron chi connectivity index (χ1n) is 10.3. The summed E-state index contributed by atoms with van der Waals surface area (Å²) in [6.45, 7) is 0.663. The molecule has 8 nitrogen and oxygen atoms in total. The van der Waals surface area contributed by atoms with Crippen LogP contribution in [0.3, 0.4) is 0 Å². The van der Waals surface area contributed by atoms with E-state index in [1.54, 1.807) is 30.1 Å². The summed E-state index contributed by atoms with van der Waals surface area (Å²) < 4.78 is 40.2.